The van der Waals surface area contributed by atoms with E-state index in [0.717, 1.165) is 5.56 Å². The number of thiophene rings is 1. The van der Waals surface area contributed by atoms with E-state index in [-0.39, 0.29) is 17.7 Å². The van der Waals surface area contributed by atoms with Crippen molar-refractivity contribution >= 4 is 23.2 Å². The summed E-state index contributed by atoms with van der Waals surface area (Å²) in [4.78, 5) is 25.4. The second kappa shape index (κ2) is 9.97. The summed E-state index contributed by atoms with van der Waals surface area (Å²) < 4.78 is 10.5. The van der Waals surface area contributed by atoms with Crippen LogP contribution in [0.1, 0.15) is 29.1 Å². The van der Waals surface area contributed by atoms with Gasteiger partial charge in [0.2, 0.25) is 5.91 Å². The average molecular weight is 391 g/mol. The van der Waals surface area contributed by atoms with Gasteiger partial charge in [-0.15, -0.1) is 11.3 Å². The van der Waals surface area contributed by atoms with Crippen molar-refractivity contribution < 1.29 is 19.1 Å². The van der Waals surface area contributed by atoms with Crippen molar-refractivity contribution in [2.75, 3.05) is 20.8 Å². The van der Waals surface area contributed by atoms with Crippen LogP contribution in [0.15, 0.2) is 35.7 Å². The third kappa shape index (κ3) is 5.72. The van der Waals surface area contributed by atoms with Gasteiger partial charge in [0.25, 0.3) is 5.91 Å². The van der Waals surface area contributed by atoms with Gasteiger partial charge in [-0.05, 0) is 41.5 Å². The molecule has 1 aromatic carbocycles. The van der Waals surface area contributed by atoms with Crippen LogP contribution in [-0.4, -0.2) is 38.6 Å². The molecular weight excluding hydrogens is 364 g/mol. The van der Waals surface area contributed by atoms with E-state index >= 15 is 0 Å². The largest absolute Gasteiger partial charge is 0.493 e. The summed E-state index contributed by atoms with van der Waals surface area (Å²) in [5.74, 6) is 0.898. The van der Waals surface area contributed by atoms with Gasteiger partial charge in [0.1, 0.15) is 6.04 Å². The average Bonchev–Trinajstić information content (AvgIpc) is 3.20. The molecule has 0 aliphatic rings. The minimum absolute atomic E-state index is 0.0185. The first-order valence-electron chi connectivity index (χ1n) is 8.79. The Morgan fingerprint density at radius 2 is 1.85 bits per heavy atom. The normalized spacial score (nSPS) is 11.7. The predicted molar refractivity (Wildman–Crippen MR) is 107 cm³/mol. The lowest BCUT2D eigenvalue weighted by Crippen LogP contribution is -2.49. The number of amides is 2. The maximum Gasteiger partial charge on any atom is 0.262 e. The number of carbonyl (C=O) groups is 2. The summed E-state index contributed by atoms with van der Waals surface area (Å²) in [5, 5.41) is 7.57. The van der Waals surface area contributed by atoms with E-state index in [2.05, 4.69) is 10.6 Å². The molecular formula is C20H26N2O4S. The van der Waals surface area contributed by atoms with Crippen LogP contribution in [0, 0.1) is 5.92 Å². The molecule has 27 heavy (non-hydrogen) atoms. The van der Waals surface area contributed by atoms with Gasteiger partial charge in [0.15, 0.2) is 11.5 Å². The molecule has 1 heterocycles. The minimum Gasteiger partial charge on any atom is -0.493 e. The van der Waals surface area contributed by atoms with E-state index in [1.165, 1.54) is 11.3 Å². The van der Waals surface area contributed by atoms with E-state index in [1.54, 1.807) is 20.3 Å². The third-order valence-electron chi connectivity index (χ3n) is 4.14. The number of hydrogen-bond donors (Lipinski definition) is 2. The second-order valence-corrected chi connectivity index (χ2v) is 7.35. The van der Waals surface area contributed by atoms with Gasteiger partial charge in [-0.3, -0.25) is 9.59 Å². The maximum absolute atomic E-state index is 12.5. The number of rotatable bonds is 9. The number of hydrogen-bond acceptors (Lipinski definition) is 5. The molecule has 0 saturated carbocycles. The van der Waals surface area contributed by atoms with Crippen molar-refractivity contribution in [2.24, 2.45) is 5.92 Å². The molecule has 0 bridgehead atoms. The summed E-state index contributed by atoms with van der Waals surface area (Å²) in [5.41, 5.74) is 1.02. The molecule has 1 atom stereocenters. The Kier molecular flexibility index (Phi) is 7.67. The van der Waals surface area contributed by atoms with Gasteiger partial charge in [0, 0.05) is 6.54 Å². The highest BCUT2D eigenvalue weighted by Gasteiger charge is 2.24. The summed E-state index contributed by atoms with van der Waals surface area (Å²) in [6.07, 6.45) is 0.649. The Bertz CT molecular complexity index is 759. The highest BCUT2D eigenvalue weighted by Crippen LogP contribution is 2.27. The first kappa shape index (κ1) is 20.8. The molecule has 6 nitrogen and oxygen atoms in total. The number of carbonyl (C=O) groups excluding carboxylic acids is 2. The van der Waals surface area contributed by atoms with E-state index in [4.69, 9.17) is 9.47 Å². The fourth-order valence-electron chi connectivity index (χ4n) is 2.63. The zero-order valence-electron chi connectivity index (χ0n) is 16.1. The van der Waals surface area contributed by atoms with Crippen molar-refractivity contribution in [3.63, 3.8) is 0 Å². The van der Waals surface area contributed by atoms with Crippen molar-refractivity contribution in [3.8, 4) is 11.5 Å². The molecule has 0 aliphatic heterocycles. The summed E-state index contributed by atoms with van der Waals surface area (Å²) >= 11 is 1.35. The lowest BCUT2D eigenvalue weighted by atomic mass is 10.0. The Morgan fingerprint density at radius 1 is 1.11 bits per heavy atom. The lowest BCUT2D eigenvalue weighted by Gasteiger charge is -2.21. The monoisotopic (exact) mass is 390 g/mol. The van der Waals surface area contributed by atoms with Gasteiger partial charge < -0.3 is 20.1 Å². The third-order valence-corrected chi connectivity index (χ3v) is 5.01. The van der Waals surface area contributed by atoms with Gasteiger partial charge >= 0.3 is 0 Å². The number of nitrogens with one attached hydrogen (secondary N) is 2. The van der Waals surface area contributed by atoms with E-state index in [9.17, 15) is 9.59 Å². The van der Waals surface area contributed by atoms with E-state index in [0.29, 0.717) is 29.3 Å². The van der Waals surface area contributed by atoms with Crippen molar-refractivity contribution in [3.05, 3.63) is 46.2 Å². The highest BCUT2D eigenvalue weighted by molar-refractivity contribution is 7.12. The van der Waals surface area contributed by atoms with E-state index in [1.807, 2.05) is 43.5 Å². The molecule has 0 fully saturated rings. The number of methoxy groups -OCH3 is 2. The Labute approximate surface area is 163 Å². The molecule has 2 amide bonds. The van der Waals surface area contributed by atoms with Crippen LogP contribution in [-0.2, 0) is 11.2 Å². The quantitative estimate of drug-likeness (QED) is 0.690. The standard InChI is InChI=1S/C20H26N2O4S/c1-13(2)18(22-19(23)17-6-5-11-27-17)20(24)21-10-9-14-7-8-15(25-3)16(12-14)26-4/h5-8,11-13,18H,9-10H2,1-4H3,(H,21,24)(H,22,23)/t18-/m1/s1. The van der Waals surface area contributed by atoms with Crippen LogP contribution < -0.4 is 20.1 Å². The van der Waals surface area contributed by atoms with Gasteiger partial charge in [-0.2, -0.15) is 0 Å². The van der Waals surface area contributed by atoms with Crippen LogP contribution in [0.4, 0.5) is 0 Å². The molecule has 0 unspecified atom stereocenters. The maximum atomic E-state index is 12.5. The molecule has 0 saturated heterocycles. The molecule has 0 spiro atoms. The molecule has 0 radical (unpaired) electrons. The first-order chi connectivity index (χ1) is 13.0. The van der Waals surface area contributed by atoms with Crippen LogP contribution in [0.5, 0.6) is 11.5 Å². The molecule has 2 rings (SSSR count). The predicted octanol–water partition coefficient (Wildman–Crippen LogP) is 2.88. The van der Waals surface area contributed by atoms with E-state index < -0.39 is 6.04 Å². The molecule has 0 aliphatic carbocycles. The number of benzene rings is 1. The molecule has 2 aromatic rings. The SMILES string of the molecule is COc1ccc(CCNC(=O)[C@H](NC(=O)c2cccs2)C(C)C)cc1OC. The van der Waals surface area contributed by atoms with Crippen molar-refractivity contribution in [2.45, 2.75) is 26.3 Å². The smallest absolute Gasteiger partial charge is 0.262 e. The van der Waals surface area contributed by atoms with Gasteiger partial charge in [-0.1, -0.05) is 26.0 Å². The summed E-state index contributed by atoms with van der Waals surface area (Å²) in [7, 11) is 3.18. The topological polar surface area (TPSA) is 76.7 Å². The molecule has 7 heteroatoms. The zero-order valence-corrected chi connectivity index (χ0v) is 16.9. The number of ether oxygens (including phenoxy) is 2. The Hall–Kier alpha value is -2.54. The lowest BCUT2D eigenvalue weighted by molar-refractivity contribution is -0.123. The van der Waals surface area contributed by atoms with Crippen LogP contribution in [0.25, 0.3) is 0 Å². The van der Waals surface area contributed by atoms with Crippen LogP contribution in [0.3, 0.4) is 0 Å². The fourth-order valence-corrected chi connectivity index (χ4v) is 3.26. The zero-order chi connectivity index (χ0) is 19.8. The van der Waals surface area contributed by atoms with Crippen molar-refractivity contribution in [1.29, 1.82) is 0 Å². The van der Waals surface area contributed by atoms with Crippen LogP contribution in [0.2, 0.25) is 0 Å². The van der Waals surface area contributed by atoms with Gasteiger partial charge in [-0.25, -0.2) is 0 Å². The summed E-state index contributed by atoms with van der Waals surface area (Å²) in [6.45, 7) is 4.28. The van der Waals surface area contributed by atoms with Crippen LogP contribution >= 0.6 is 11.3 Å². The minimum atomic E-state index is -0.579. The highest BCUT2D eigenvalue weighted by atomic mass is 32.1. The van der Waals surface area contributed by atoms with Crippen molar-refractivity contribution in [1.82, 2.24) is 10.6 Å². The first-order valence-corrected chi connectivity index (χ1v) is 9.67. The molecule has 2 N–H and O–H groups in total. The Morgan fingerprint density at radius 3 is 2.44 bits per heavy atom. The summed E-state index contributed by atoms with van der Waals surface area (Å²) in [6, 6.07) is 8.65. The Balaban J connectivity index is 1.91. The molecule has 1 aromatic heterocycles. The molecule has 146 valence electrons. The second-order valence-electron chi connectivity index (χ2n) is 6.40. The van der Waals surface area contributed by atoms with Gasteiger partial charge in [0.05, 0.1) is 19.1 Å². The fraction of sp³-hybridized carbons (Fsp3) is 0.400.